The van der Waals surface area contributed by atoms with Crippen molar-refractivity contribution in [2.45, 2.75) is 20.8 Å². The van der Waals surface area contributed by atoms with Gasteiger partial charge in [0.25, 0.3) is 0 Å². The number of hydrogen-bond acceptors (Lipinski definition) is 2. The van der Waals surface area contributed by atoms with E-state index in [9.17, 15) is 4.79 Å². The van der Waals surface area contributed by atoms with E-state index in [1.807, 2.05) is 6.92 Å². The molecule has 0 fully saturated rings. The number of pyridine rings is 1. The smallest absolute Gasteiger partial charge is 0.163 e. The Morgan fingerprint density at radius 1 is 1.50 bits per heavy atom. The molecule has 2 nitrogen and oxygen atoms in total. The van der Waals surface area contributed by atoms with Crippen LogP contribution in [0.25, 0.3) is 0 Å². The summed E-state index contributed by atoms with van der Waals surface area (Å²) in [5.41, 5.74) is 2.07. The molecule has 0 spiro atoms. The topological polar surface area (TPSA) is 30.0 Å². The molecule has 1 aromatic rings. The van der Waals surface area contributed by atoms with Crippen molar-refractivity contribution in [1.82, 2.24) is 4.98 Å². The number of halogens is 1. The highest BCUT2D eigenvalue weighted by molar-refractivity contribution is 6.34. The molecule has 0 aliphatic rings. The highest BCUT2D eigenvalue weighted by Crippen LogP contribution is 2.19. The Morgan fingerprint density at radius 2 is 2.08 bits per heavy atom. The molecule has 0 saturated heterocycles. The molecule has 0 amide bonds. The molecule has 0 radical (unpaired) electrons. The van der Waals surface area contributed by atoms with Gasteiger partial charge in [-0.15, -0.1) is 0 Å². The molecule has 0 aliphatic carbocycles. The predicted molar refractivity (Wildman–Crippen MR) is 48.7 cm³/mol. The van der Waals surface area contributed by atoms with Crippen LogP contribution in [-0.4, -0.2) is 10.8 Å². The van der Waals surface area contributed by atoms with E-state index in [2.05, 4.69) is 4.98 Å². The van der Waals surface area contributed by atoms with Gasteiger partial charge in [-0.3, -0.25) is 9.78 Å². The average Bonchev–Trinajstić information content (AvgIpc) is 1.82. The Labute approximate surface area is 76.6 Å². The third-order valence-electron chi connectivity index (χ3n) is 1.63. The maximum Gasteiger partial charge on any atom is 0.163 e. The molecule has 0 bridgehead atoms. The second kappa shape index (κ2) is 3.23. The molecule has 1 rings (SSSR count). The number of carbonyl (C=O) groups is 1. The van der Waals surface area contributed by atoms with Crippen molar-refractivity contribution in [1.29, 1.82) is 0 Å². The first-order valence-corrected chi connectivity index (χ1v) is 4.05. The highest BCUT2D eigenvalue weighted by atomic mass is 35.5. The molecule has 0 N–H and O–H groups in total. The zero-order chi connectivity index (χ0) is 9.30. The van der Waals surface area contributed by atoms with Gasteiger partial charge in [0.2, 0.25) is 0 Å². The van der Waals surface area contributed by atoms with E-state index in [1.165, 1.54) is 6.92 Å². The quantitative estimate of drug-likeness (QED) is 0.627. The summed E-state index contributed by atoms with van der Waals surface area (Å²) in [6, 6.07) is 1.70. The van der Waals surface area contributed by atoms with Crippen LogP contribution >= 0.6 is 11.6 Å². The summed E-state index contributed by atoms with van der Waals surface area (Å²) in [5, 5.41) is 0.493. The first kappa shape index (κ1) is 9.20. The molecular formula is C9H10ClNO. The van der Waals surface area contributed by atoms with Gasteiger partial charge in [-0.25, -0.2) is 0 Å². The number of nitrogens with zero attached hydrogens (tertiary/aromatic N) is 1. The van der Waals surface area contributed by atoms with Crippen LogP contribution in [0.3, 0.4) is 0 Å². The van der Waals surface area contributed by atoms with E-state index in [0.29, 0.717) is 16.3 Å². The van der Waals surface area contributed by atoms with E-state index in [1.54, 1.807) is 13.0 Å². The fraction of sp³-hybridized carbons (Fsp3) is 0.333. The number of carbonyl (C=O) groups excluding carboxylic acids is 1. The average molecular weight is 184 g/mol. The van der Waals surface area contributed by atoms with Crippen LogP contribution in [0.15, 0.2) is 6.07 Å². The summed E-state index contributed by atoms with van der Waals surface area (Å²) in [6.07, 6.45) is 0. The van der Waals surface area contributed by atoms with E-state index >= 15 is 0 Å². The fourth-order valence-corrected chi connectivity index (χ4v) is 1.63. The first-order chi connectivity index (χ1) is 5.52. The molecule has 0 saturated carbocycles. The normalized spacial score (nSPS) is 10.0. The van der Waals surface area contributed by atoms with Crippen LogP contribution in [-0.2, 0) is 0 Å². The van der Waals surface area contributed by atoms with Gasteiger partial charge in [0.1, 0.15) is 0 Å². The molecule has 0 unspecified atom stereocenters. The largest absolute Gasteiger partial charge is 0.294 e. The van der Waals surface area contributed by atoms with Crippen molar-refractivity contribution in [3.63, 3.8) is 0 Å². The molecule has 1 heterocycles. The monoisotopic (exact) mass is 183 g/mol. The Hall–Kier alpha value is -0.890. The van der Waals surface area contributed by atoms with Gasteiger partial charge in [0, 0.05) is 11.4 Å². The van der Waals surface area contributed by atoms with Crippen LogP contribution in [0.5, 0.6) is 0 Å². The van der Waals surface area contributed by atoms with Crippen molar-refractivity contribution in [3.05, 3.63) is 28.0 Å². The van der Waals surface area contributed by atoms with Crippen LogP contribution in [0, 0.1) is 13.8 Å². The standard InChI is InChI=1S/C9H10ClNO/c1-5-4-8(10)9(7(3)12)6(2)11-5/h4H,1-3H3. The van der Waals surface area contributed by atoms with Crippen molar-refractivity contribution in [2.75, 3.05) is 0 Å². The Morgan fingerprint density at radius 3 is 2.50 bits per heavy atom. The van der Waals surface area contributed by atoms with Crippen LogP contribution in [0.2, 0.25) is 5.02 Å². The van der Waals surface area contributed by atoms with Crippen molar-refractivity contribution in [2.24, 2.45) is 0 Å². The SMILES string of the molecule is CC(=O)c1c(Cl)cc(C)nc1C. The first-order valence-electron chi connectivity index (χ1n) is 3.67. The van der Waals surface area contributed by atoms with Gasteiger partial charge in [-0.1, -0.05) is 11.6 Å². The van der Waals surface area contributed by atoms with E-state index in [4.69, 9.17) is 11.6 Å². The summed E-state index contributed by atoms with van der Waals surface area (Å²) in [5.74, 6) is -0.0370. The second-order valence-electron chi connectivity index (χ2n) is 2.76. The zero-order valence-corrected chi connectivity index (χ0v) is 8.07. The Bertz CT molecular complexity index is 310. The van der Waals surface area contributed by atoms with Crippen LogP contribution in [0.4, 0.5) is 0 Å². The lowest BCUT2D eigenvalue weighted by Crippen LogP contribution is -2.01. The summed E-state index contributed by atoms with van der Waals surface area (Å²) >= 11 is 5.87. The maximum absolute atomic E-state index is 11.1. The van der Waals surface area contributed by atoms with Gasteiger partial charge in [-0.05, 0) is 26.8 Å². The molecule has 0 aliphatic heterocycles. The lowest BCUT2D eigenvalue weighted by atomic mass is 10.1. The molecule has 0 aromatic carbocycles. The van der Waals surface area contributed by atoms with Crippen molar-refractivity contribution >= 4 is 17.4 Å². The van der Waals surface area contributed by atoms with Gasteiger partial charge in [0.15, 0.2) is 5.78 Å². The number of aromatic nitrogens is 1. The van der Waals surface area contributed by atoms with Gasteiger partial charge in [0.05, 0.1) is 10.6 Å². The van der Waals surface area contributed by atoms with Crippen LogP contribution < -0.4 is 0 Å². The third kappa shape index (κ3) is 1.64. The Kier molecular flexibility index (Phi) is 2.48. The summed E-state index contributed by atoms with van der Waals surface area (Å²) in [7, 11) is 0. The summed E-state index contributed by atoms with van der Waals surface area (Å²) in [6.45, 7) is 5.13. The number of ketones is 1. The lowest BCUT2D eigenvalue weighted by molar-refractivity contribution is 0.101. The number of hydrogen-bond donors (Lipinski definition) is 0. The predicted octanol–water partition coefficient (Wildman–Crippen LogP) is 2.55. The van der Waals surface area contributed by atoms with E-state index in [0.717, 1.165) is 5.69 Å². The molecule has 3 heteroatoms. The molecule has 12 heavy (non-hydrogen) atoms. The summed E-state index contributed by atoms with van der Waals surface area (Å²) in [4.78, 5) is 15.2. The number of rotatable bonds is 1. The fourth-order valence-electron chi connectivity index (χ4n) is 1.20. The van der Waals surface area contributed by atoms with Gasteiger partial charge in [-0.2, -0.15) is 0 Å². The van der Waals surface area contributed by atoms with E-state index in [-0.39, 0.29) is 5.78 Å². The lowest BCUT2D eigenvalue weighted by Gasteiger charge is -2.04. The number of aryl methyl sites for hydroxylation is 2. The molecule has 1 aromatic heterocycles. The van der Waals surface area contributed by atoms with Crippen LogP contribution in [0.1, 0.15) is 28.7 Å². The zero-order valence-electron chi connectivity index (χ0n) is 7.31. The number of Topliss-reactive ketones (excluding diaryl/α,β-unsaturated/α-hetero) is 1. The minimum absolute atomic E-state index is 0.0370. The maximum atomic E-state index is 11.1. The van der Waals surface area contributed by atoms with Crippen molar-refractivity contribution < 1.29 is 4.79 Å². The Balaban J connectivity index is 3.38. The second-order valence-corrected chi connectivity index (χ2v) is 3.17. The highest BCUT2D eigenvalue weighted by Gasteiger charge is 2.10. The van der Waals surface area contributed by atoms with Gasteiger partial charge < -0.3 is 0 Å². The van der Waals surface area contributed by atoms with E-state index < -0.39 is 0 Å². The van der Waals surface area contributed by atoms with Crippen molar-refractivity contribution in [3.8, 4) is 0 Å². The minimum atomic E-state index is -0.0370. The van der Waals surface area contributed by atoms with Gasteiger partial charge >= 0.3 is 0 Å². The minimum Gasteiger partial charge on any atom is -0.294 e. The molecular weight excluding hydrogens is 174 g/mol. The third-order valence-corrected chi connectivity index (χ3v) is 1.93. The molecule has 0 atom stereocenters. The molecule has 64 valence electrons. The summed E-state index contributed by atoms with van der Waals surface area (Å²) < 4.78 is 0.